The number of hydrogen-bond acceptors (Lipinski definition) is 0. The van der Waals surface area contributed by atoms with Crippen molar-refractivity contribution < 1.29 is 8.78 Å². The van der Waals surface area contributed by atoms with E-state index in [4.69, 9.17) is 0 Å². The van der Waals surface area contributed by atoms with Crippen molar-refractivity contribution in [2.24, 2.45) is 5.92 Å². The van der Waals surface area contributed by atoms with Gasteiger partial charge in [0.15, 0.2) is 5.83 Å². The summed E-state index contributed by atoms with van der Waals surface area (Å²) in [5, 5.41) is 1.09. The maximum atomic E-state index is 13.0. The normalized spacial score (nSPS) is 25.2. The van der Waals surface area contributed by atoms with Gasteiger partial charge in [-0.1, -0.05) is 40.2 Å². The van der Waals surface area contributed by atoms with Gasteiger partial charge in [0.1, 0.15) is 6.33 Å². The molecule has 1 aromatic carbocycles. The smallest absolute Gasteiger partial charge is 0.158 e. The first-order valence-electron chi connectivity index (χ1n) is 6.36. The van der Waals surface area contributed by atoms with Crippen LogP contribution in [0.3, 0.4) is 0 Å². The Bertz CT molecular complexity index is 403. The fraction of sp³-hybridized carbons (Fsp3) is 0.467. The number of alkyl halides is 1. The van der Waals surface area contributed by atoms with E-state index in [1.165, 1.54) is 31.2 Å². The maximum absolute atomic E-state index is 13.0. The third-order valence-corrected chi connectivity index (χ3v) is 4.73. The zero-order chi connectivity index (χ0) is 13.0. The van der Waals surface area contributed by atoms with Crippen LogP contribution in [0.4, 0.5) is 8.78 Å². The summed E-state index contributed by atoms with van der Waals surface area (Å²) in [6, 6.07) is 7.18. The molecule has 18 heavy (non-hydrogen) atoms. The highest BCUT2D eigenvalue weighted by Gasteiger charge is 2.21. The van der Waals surface area contributed by atoms with Crippen LogP contribution in [-0.2, 0) is 0 Å². The summed E-state index contributed by atoms with van der Waals surface area (Å²) in [6.45, 7) is 0. The first kappa shape index (κ1) is 13.7. The second kappa shape index (κ2) is 6.46. The Hall–Kier alpha value is -0.700. The Morgan fingerprint density at radius 2 is 1.78 bits per heavy atom. The second-order valence-corrected chi connectivity index (χ2v) is 5.60. The summed E-state index contributed by atoms with van der Waals surface area (Å²) < 4.78 is 25.1. The lowest BCUT2D eigenvalue weighted by Gasteiger charge is -2.27. The molecule has 1 aliphatic carbocycles. The molecule has 0 bridgehead atoms. The fourth-order valence-electron chi connectivity index (χ4n) is 2.63. The van der Waals surface area contributed by atoms with Crippen molar-refractivity contribution in [3.63, 3.8) is 0 Å². The molecule has 0 unspecified atom stereocenters. The molecule has 1 saturated carbocycles. The molecule has 0 aromatic heterocycles. The van der Waals surface area contributed by atoms with Gasteiger partial charge in [-0.25, -0.2) is 8.78 Å². The lowest BCUT2D eigenvalue weighted by molar-refractivity contribution is 0.354. The highest BCUT2D eigenvalue weighted by Crippen LogP contribution is 2.36. The third-order valence-electron chi connectivity index (χ3n) is 3.82. The Morgan fingerprint density at radius 1 is 1.17 bits per heavy atom. The van der Waals surface area contributed by atoms with Gasteiger partial charge in [-0.05, 0) is 43.1 Å². The topological polar surface area (TPSA) is 0 Å². The number of benzene rings is 1. The molecule has 98 valence electrons. The lowest BCUT2D eigenvalue weighted by atomic mass is 9.79. The van der Waals surface area contributed by atoms with E-state index in [1.807, 2.05) is 12.1 Å². The molecule has 1 fully saturated rings. The summed E-state index contributed by atoms with van der Waals surface area (Å²) in [7, 11) is 0. The number of rotatable bonds is 3. The van der Waals surface area contributed by atoms with Crippen LogP contribution in [0.15, 0.2) is 30.6 Å². The lowest BCUT2D eigenvalue weighted by Crippen LogP contribution is -2.14. The molecular formula is C15H17BrF2. The average Bonchev–Trinajstić information content (AvgIpc) is 2.47. The summed E-state index contributed by atoms with van der Waals surface area (Å²) in [6.07, 6.45) is 4.89. The minimum absolute atomic E-state index is 0.0101. The highest BCUT2D eigenvalue weighted by atomic mass is 79.9. The van der Waals surface area contributed by atoms with Gasteiger partial charge in [-0.2, -0.15) is 0 Å². The SMILES string of the molecule is FC=C(F)c1ccc(C2CCC(CBr)CC2)cc1. The largest absolute Gasteiger partial charge is 0.212 e. The van der Waals surface area contributed by atoms with Crippen LogP contribution >= 0.6 is 15.9 Å². The van der Waals surface area contributed by atoms with Crippen molar-refractivity contribution in [1.82, 2.24) is 0 Å². The summed E-state index contributed by atoms with van der Waals surface area (Å²) in [5.41, 5.74) is 1.56. The second-order valence-electron chi connectivity index (χ2n) is 4.95. The molecule has 0 amide bonds. The van der Waals surface area contributed by atoms with Gasteiger partial charge in [0.25, 0.3) is 0 Å². The van der Waals surface area contributed by atoms with Gasteiger partial charge in [0.05, 0.1) is 0 Å². The molecule has 0 N–H and O–H groups in total. The van der Waals surface area contributed by atoms with Crippen molar-refractivity contribution >= 4 is 21.8 Å². The predicted octanol–water partition coefficient (Wildman–Crippen LogP) is 5.59. The molecule has 1 aliphatic rings. The van der Waals surface area contributed by atoms with Crippen LogP contribution in [-0.4, -0.2) is 5.33 Å². The van der Waals surface area contributed by atoms with Crippen LogP contribution in [0.1, 0.15) is 42.7 Å². The minimum atomic E-state index is -0.801. The monoisotopic (exact) mass is 314 g/mol. The molecule has 3 heteroatoms. The molecule has 0 aliphatic heterocycles. The van der Waals surface area contributed by atoms with Gasteiger partial charge in [0.2, 0.25) is 0 Å². The standard InChI is InChI=1S/C15H17BrF2/c16-9-11-1-3-12(4-2-11)13-5-7-14(8-6-13)15(18)10-17/h5-8,10-12H,1-4,9H2. The molecular weight excluding hydrogens is 298 g/mol. The molecule has 1 aromatic rings. The summed E-state index contributed by atoms with van der Waals surface area (Å²) in [4.78, 5) is 0. The van der Waals surface area contributed by atoms with Gasteiger partial charge < -0.3 is 0 Å². The molecule has 0 radical (unpaired) electrons. The molecule has 0 spiro atoms. The van der Waals surface area contributed by atoms with E-state index >= 15 is 0 Å². The van der Waals surface area contributed by atoms with Crippen LogP contribution < -0.4 is 0 Å². The molecule has 0 saturated heterocycles. The van der Waals surface area contributed by atoms with E-state index in [0.717, 1.165) is 11.2 Å². The van der Waals surface area contributed by atoms with Gasteiger partial charge in [-0.3, -0.25) is 0 Å². The Balaban J connectivity index is 2.02. The fourth-order valence-corrected chi connectivity index (χ4v) is 3.28. The van der Waals surface area contributed by atoms with E-state index in [1.54, 1.807) is 12.1 Å². The van der Waals surface area contributed by atoms with Gasteiger partial charge in [0, 0.05) is 10.9 Å². The number of hydrogen-bond donors (Lipinski definition) is 0. The first-order chi connectivity index (χ1) is 8.74. The zero-order valence-corrected chi connectivity index (χ0v) is 11.8. The quantitative estimate of drug-likeness (QED) is 0.638. The summed E-state index contributed by atoms with van der Waals surface area (Å²) >= 11 is 3.54. The number of halogens is 3. The van der Waals surface area contributed by atoms with Crippen molar-refractivity contribution in [2.45, 2.75) is 31.6 Å². The van der Waals surface area contributed by atoms with E-state index in [9.17, 15) is 8.78 Å². The van der Waals surface area contributed by atoms with Crippen LogP contribution in [0.2, 0.25) is 0 Å². The minimum Gasteiger partial charge on any atom is -0.212 e. The van der Waals surface area contributed by atoms with Crippen LogP contribution in [0.25, 0.3) is 5.83 Å². The highest BCUT2D eigenvalue weighted by molar-refractivity contribution is 9.09. The molecule has 0 heterocycles. The molecule has 0 nitrogen and oxygen atoms in total. The van der Waals surface area contributed by atoms with E-state index in [2.05, 4.69) is 15.9 Å². The predicted molar refractivity (Wildman–Crippen MR) is 75.1 cm³/mol. The Kier molecular flexibility index (Phi) is 4.93. The van der Waals surface area contributed by atoms with Crippen molar-refractivity contribution in [2.75, 3.05) is 5.33 Å². The summed E-state index contributed by atoms with van der Waals surface area (Å²) in [5.74, 6) is 0.573. The average molecular weight is 315 g/mol. The molecule has 0 atom stereocenters. The van der Waals surface area contributed by atoms with E-state index < -0.39 is 5.83 Å². The van der Waals surface area contributed by atoms with Crippen molar-refractivity contribution in [1.29, 1.82) is 0 Å². The Labute approximate surface area is 115 Å². The van der Waals surface area contributed by atoms with Crippen LogP contribution in [0.5, 0.6) is 0 Å². The van der Waals surface area contributed by atoms with Crippen LogP contribution in [0, 0.1) is 5.92 Å². The van der Waals surface area contributed by atoms with E-state index in [-0.39, 0.29) is 6.33 Å². The van der Waals surface area contributed by atoms with Crippen molar-refractivity contribution in [3.8, 4) is 0 Å². The van der Waals surface area contributed by atoms with Gasteiger partial charge >= 0.3 is 0 Å². The molecule has 2 rings (SSSR count). The van der Waals surface area contributed by atoms with Crippen molar-refractivity contribution in [3.05, 3.63) is 41.7 Å². The van der Waals surface area contributed by atoms with Gasteiger partial charge in [-0.15, -0.1) is 0 Å². The first-order valence-corrected chi connectivity index (χ1v) is 7.49. The maximum Gasteiger partial charge on any atom is 0.158 e. The third kappa shape index (κ3) is 3.19. The van der Waals surface area contributed by atoms with E-state index in [0.29, 0.717) is 11.5 Å². The Morgan fingerprint density at radius 3 is 2.28 bits per heavy atom. The zero-order valence-electron chi connectivity index (χ0n) is 10.2.